The van der Waals surface area contributed by atoms with Crippen LogP contribution in [0.15, 0.2) is 29.2 Å². The number of anilines is 1. The molecule has 104 valence electrons. The zero-order valence-corrected chi connectivity index (χ0v) is 11.2. The van der Waals surface area contributed by atoms with E-state index in [0.29, 0.717) is 13.0 Å². The van der Waals surface area contributed by atoms with Crippen LogP contribution in [0.3, 0.4) is 0 Å². The Morgan fingerprint density at radius 1 is 1.26 bits per heavy atom. The summed E-state index contributed by atoms with van der Waals surface area (Å²) in [7, 11) is -3.78. The second kappa shape index (κ2) is 5.58. The normalized spacial score (nSPS) is 20.6. The summed E-state index contributed by atoms with van der Waals surface area (Å²) in [6.07, 6.45) is 2.16. The molecule has 1 saturated heterocycles. The van der Waals surface area contributed by atoms with Crippen molar-refractivity contribution >= 4 is 21.6 Å². The van der Waals surface area contributed by atoms with Crippen molar-refractivity contribution in [3.8, 4) is 0 Å². The molecule has 0 spiro atoms. The molecule has 1 aromatic carbocycles. The fourth-order valence-corrected chi connectivity index (χ4v) is 3.39. The number of rotatable bonds is 3. The number of hydrogen-bond donors (Lipinski definition) is 3. The highest BCUT2D eigenvalue weighted by atomic mass is 32.2. The lowest BCUT2D eigenvalue weighted by Crippen LogP contribution is -2.45. The third-order valence-electron chi connectivity index (χ3n) is 3.04. The molecule has 1 amide bonds. The van der Waals surface area contributed by atoms with Gasteiger partial charge < -0.3 is 11.1 Å². The van der Waals surface area contributed by atoms with E-state index in [1.807, 2.05) is 0 Å². The first-order chi connectivity index (χ1) is 9.00. The summed E-state index contributed by atoms with van der Waals surface area (Å²) in [6.45, 7) is 0.588. The molecular formula is C12H17N3O3S. The van der Waals surface area contributed by atoms with Gasteiger partial charge in [-0.05, 0) is 31.4 Å². The van der Waals surface area contributed by atoms with Gasteiger partial charge >= 0.3 is 0 Å². The van der Waals surface area contributed by atoms with Gasteiger partial charge in [-0.15, -0.1) is 0 Å². The summed E-state index contributed by atoms with van der Waals surface area (Å²) in [5.74, 6) is -0.282. The molecule has 1 unspecified atom stereocenters. The van der Waals surface area contributed by atoms with Crippen molar-refractivity contribution < 1.29 is 13.2 Å². The van der Waals surface area contributed by atoms with Crippen molar-refractivity contribution in [2.24, 2.45) is 0 Å². The van der Waals surface area contributed by atoms with Crippen molar-refractivity contribution in [1.82, 2.24) is 10.0 Å². The summed E-state index contributed by atoms with van der Waals surface area (Å²) in [5.41, 5.74) is 5.83. The molecular weight excluding hydrogens is 266 g/mol. The second-order valence-electron chi connectivity index (χ2n) is 4.50. The Hall–Kier alpha value is -1.60. The van der Waals surface area contributed by atoms with Gasteiger partial charge in [0.1, 0.15) is 10.9 Å². The van der Waals surface area contributed by atoms with Gasteiger partial charge in [0.05, 0.1) is 5.69 Å². The average molecular weight is 283 g/mol. The molecule has 4 N–H and O–H groups in total. The maximum absolute atomic E-state index is 12.2. The van der Waals surface area contributed by atoms with Gasteiger partial charge in [-0.1, -0.05) is 12.1 Å². The van der Waals surface area contributed by atoms with Crippen molar-refractivity contribution in [2.45, 2.75) is 30.2 Å². The van der Waals surface area contributed by atoms with Gasteiger partial charge in [0, 0.05) is 6.54 Å². The van der Waals surface area contributed by atoms with E-state index in [0.717, 1.165) is 12.8 Å². The van der Waals surface area contributed by atoms with Crippen LogP contribution in [-0.2, 0) is 14.8 Å². The molecule has 6 nitrogen and oxygen atoms in total. The topological polar surface area (TPSA) is 101 Å². The molecule has 19 heavy (non-hydrogen) atoms. The smallest absolute Gasteiger partial charge is 0.243 e. The number of nitrogen functional groups attached to an aromatic ring is 1. The molecule has 1 atom stereocenters. The molecule has 2 rings (SSSR count). The van der Waals surface area contributed by atoms with E-state index in [1.54, 1.807) is 12.1 Å². The number of benzene rings is 1. The quantitative estimate of drug-likeness (QED) is 0.690. The SMILES string of the molecule is Nc1ccccc1S(=O)(=O)NC1CCCCNC1=O. The van der Waals surface area contributed by atoms with Gasteiger partial charge in [-0.2, -0.15) is 4.72 Å². The predicted octanol–water partition coefficient (Wildman–Crippen LogP) is 0.216. The number of nitrogens with one attached hydrogen (secondary N) is 2. The molecule has 7 heteroatoms. The Kier molecular flexibility index (Phi) is 4.06. The molecule has 0 bridgehead atoms. The van der Waals surface area contributed by atoms with Crippen molar-refractivity contribution in [2.75, 3.05) is 12.3 Å². The van der Waals surface area contributed by atoms with E-state index in [4.69, 9.17) is 5.73 Å². The lowest BCUT2D eigenvalue weighted by atomic mass is 10.1. The third-order valence-corrected chi connectivity index (χ3v) is 4.59. The number of hydrogen-bond acceptors (Lipinski definition) is 4. The Labute approximate surface area is 112 Å². The molecule has 1 heterocycles. The molecule has 1 aromatic rings. The van der Waals surface area contributed by atoms with Gasteiger partial charge in [-0.3, -0.25) is 4.79 Å². The first-order valence-corrected chi connectivity index (χ1v) is 7.63. The molecule has 1 fully saturated rings. The highest BCUT2D eigenvalue weighted by Crippen LogP contribution is 2.18. The van der Waals surface area contributed by atoms with Gasteiger partial charge in [0.2, 0.25) is 15.9 Å². The maximum Gasteiger partial charge on any atom is 0.243 e. The first-order valence-electron chi connectivity index (χ1n) is 6.15. The minimum atomic E-state index is -3.78. The third kappa shape index (κ3) is 3.24. The summed E-state index contributed by atoms with van der Waals surface area (Å²) < 4.78 is 26.8. The van der Waals surface area contributed by atoms with Crippen LogP contribution in [0.1, 0.15) is 19.3 Å². The fourth-order valence-electron chi connectivity index (χ4n) is 2.03. The van der Waals surface area contributed by atoms with E-state index in [2.05, 4.69) is 10.0 Å². The Bertz CT molecular complexity index is 571. The molecule has 1 aliphatic heterocycles. The van der Waals surface area contributed by atoms with E-state index >= 15 is 0 Å². The minimum Gasteiger partial charge on any atom is -0.398 e. The molecule has 0 aliphatic carbocycles. The number of carbonyl (C=O) groups is 1. The summed E-state index contributed by atoms with van der Waals surface area (Å²) >= 11 is 0. The van der Waals surface area contributed by atoms with Crippen molar-refractivity contribution in [3.05, 3.63) is 24.3 Å². The molecule has 1 aliphatic rings. The average Bonchev–Trinajstić information content (AvgIpc) is 2.55. The van der Waals surface area contributed by atoms with Gasteiger partial charge in [0.15, 0.2) is 0 Å². The largest absolute Gasteiger partial charge is 0.398 e. The summed E-state index contributed by atoms with van der Waals surface area (Å²) in [5, 5.41) is 2.69. The monoisotopic (exact) mass is 283 g/mol. The number of nitrogens with two attached hydrogens (primary N) is 1. The summed E-state index contributed by atoms with van der Waals surface area (Å²) in [4.78, 5) is 11.7. The highest BCUT2D eigenvalue weighted by Gasteiger charge is 2.27. The van der Waals surface area contributed by atoms with E-state index in [9.17, 15) is 13.2 Å². The van der Waals surface area contributed by atoms with Gasteiger partial charge in [-0.25, -0.2) is 8.42 Å². The minimum absolute atomic E-state index is 0.00652. The summed E-state index contributed by atoms with van der Waals surface area (Å²) in [6, 6.07) is 5.46. The van der Waals surface area contributed by atoms with E-state index in [-0.39, 0.29) is 16.5 Å². The van der Waals surface area contributed by atoms with Crippen LogP contribution in [-0.4, -0.2) is 26.9 Å². The number of carbonyl (C=O) groups excluding carboxylic acids is 1. The van der Waals surface area contributed by atoms with Crippen LogP contribution in [0, 0.1) is 0 Å². The molecule has 0 radical (unpaired) electrons. The van der Waals surface area contributed by atoms with E-state index < -0.39 is 16.1 Å². The first kappa shape index (κ1) is 13.8. The standard InChI is InChI=1S/C12H17N3O3S/c13-9-5-1-2-7-11(9)19(17,18)15-10-6-3-4-8-14-12(10)16/h1-2,5,7,10,15H,3-4,6,8,13H2,(H,14,16). The number of sulfonamides is 1. The highest BCUT2D eigenvalue weighted by molar-refractivity contribution is 7.89. The second-order valence-corrected chi connectivity index (χ2v) is 6.18. The van der Waals surface area contributed by atoms with Gasteiger partial charge in [0.25, 0.3) is 0 Å². The number of para-hydroxylation sites is 1. The van der Waals surface area contributed by atoms with Crippen molar-refractivity contribution in [3.63, 3.8) is 0 Å². The Balaban J connectivity index is 2.21. The van der Waals surface area contributed by atoms with Crippen LogP contribution >= 0.6 is 0 Å². The van der Waals surface area contributed by atoms with Crippen LogP contribution < -0.4 is 15.8 Å². The lowest BCUT2D eigenvalue weighted by molar-refractivity contribution is -0.122. The van der Waals surface area contributed by atoms with E-state index in [1.165, 1.54) is 12.1 Å². The lowest BCUT2D eigenvalue weighted by Gasteiger charge is -2.16. The molecule has 0 saturated carbocycles. The fraction of sp³-hybridized carbons (Fsp3) is 0.417. The Morgan fingerprint density at radius 2 is 2.00 bits per heavy atom. The van der Waals surface area contributed by atoms with Crippen LogP contribution in [0.2, 0.25) is 0 Å². The maximum atomic E-state index is 12.2. The van der Waals surface area contributed by atoms with Crippen LogP contribution in [0.25, 0.3) is 0 Å². The number of amides is 1. The van der Waals surface area contributed by atoms with Crippen LogP contribution in [0.5, 0.6) is 0 Å². The van der Waals surface area contributed by atoms with Crippen molar-refractivity contribution in [1.29, 1.82) is 0 Å². The molecule has 0 aromatic heterocycles. The predicted molar refractivity (Wildman–Crippen MR) is 71.8 cm³/mol. The zero-order valence-electron chi connectivity index (χ0n) is 10.4. The Morgan fingerprint density at radius 3 is 2.74 bits per heavy atom. The zero-order chi connectivity index (χ0) is 13.9. The van der Waals surface area contributed by atoms with Crippen LogP contribution in [0.4, 0.5) is 5.69 Å².